The van der Waals surface area contributed by atoms with Gasteiger partial charge in [-0.3, -0.25) is 9.59 Å². The second kappa shape index (κ2) is 10.9. The summed E-state index contributed by atoms with van der Waals surface area (Å²) < 4.78 is 0. The van der Waals surface area contributed by atoms with Crippen LogP contribution < -0.4 is 16.0 Å². The minimum absolute atomic E-state index is 0.0464. The first-order valence-corrected chi connectivity index (χ1v) is 11.4. The number of halogens is 1. The Morgan fingerprint density at radius 3 is 1.82 bits per heavy atom. The lowest BCUT2D eigenvalue weighted by Crippen LogP contribution is -2.41. The molecule has 1 saturated heterocycles. The molecule has 8 heteroatoms. The Hall–Kier alpha value is -3.84. The van der Waals surface area contributed by atoms with E-state index in [1.807, 2.05) is 18.2 Å². The summed E-state index contributed by atoms with van der Waals surface area (Å²) in [4.78, 5) is 39.2. The molecule has 4 rings (SSSR count). The van der Waals surface area contributed by atoms with Gasteiger partial charge >= 0.3 is 6.03 Å². The first kappa shape index (κ1) is 23.3. The summed E-state index contributed by atoms with van der Waals surface area (Å²) in [5.41, 5.74) is 2.56. The van der Waals surface area contributed by atoms with Crippen molar-refractivity contribution in [1.29, 1.82) is 0 Å². The number of amides is 4. The van der Waals surface area contributed by atoms with Crippen LogP contribution in [0.25, 0.3) is 0 Å². The van der Waals surface area contributed by atoms with Crippen LogP contribution in [-0.4, -0.2) is 35.8 Å². The molecular formula is C26H25ClN4O3. The fraction of sp³-hybridized carbons (Fsp3) is 0.192. The average Bonchev–Trinajstić information content (AvgIpc) is 2.86. The lowest BCUT2D eigenvalue weighted by atomic mass is 9.95. The highest BCUT2D eigenvalue weighted by Crippen LogP contribution is 2.22. The molecule has 7 nitrogen and oxygen atoms in total. The van der Waals surface area contributed by atoms with Gasteiger partial charge in [0.15, 0.2) is 0 Å². The van der Waals surface area contributed by atoms with Gasteiger partial charge in [-0.25, -0.2) is 4.79 Å². The summed E-state index contributed by atoms with van der Waals surface area (Å²) in [5, 5.41) is 9.03. The van der Waals surface area contributed by atoms with Gasteiger partial charge in [0.2, 0.25) is 5.91 Å². The monoisotopic (exact) mass is 476 g/mol. The summed E-state index contributed by atoms with van der Waals surface area (Å²) >= 11 is 5.89. The molecular weight excluding hydrogens is 452 g/mol. The van der Waals surface area contributed by atoms with Gasteiger partial charge in [-0.1, -0.05) is 29.8 Å². The molecule has 1 aliphatic heterocycles. The number of piperidine rings is 1. The average molecular weight is 477 g/mol. The minimum atomic E-state index is -0.345. The van der Waals surface area contributed by atoms with Crippen molar-refractivity contribution >= 4 is 46.5 Å². The van der Waals surface area contributed by atoms with Crippen LogP contribution in [0, 0.1) is 5.92 Å². The Morgan fingerprint density at radius 2 is 1.24 bits per heavy atom. The molecule has 174 valence electrons. The van der Waals surface area contributed by atoms with E-state index < -0.39 is 0 Å². The van der Waals surface area contributed by atoms with E-state index in [1.54, 1.807) is 65.6 Å². The number of anilines is 3. The van der Waals surface area contributed by atoms with Gasteiger partial charge in [-0.2, -0.15) is 0 Å². The molecule has 4 amide bonds. The van der Waals surface area contributed by atoms with Gasteiger partial charge in [0.1, 0.15) is 0 Å². The van der Waals surface area contributed by atoms with Crippen LogP contribution in [0.4, 0.5) is 21.9 Å². The first-order chi connectivity index (χ1) is 16.5. The molecule has 0 unspecified atom stereocenters. The zero-order valence-electron chi connectivity index (χ0n) is 18.5. The number of benzene rings is 3. The van der Waals surface area contributed by atoms with Gasteiger partial charge in [-0.05, 0) is 73.5 Å². The van der Waals surface area contributed by atoms with E-state index in [-0.39, 0.29) is 23.8 Å². The molecule has 0 aromatic heterocycles. The Bertz CT molecular complexity index is 1140. The maximum Gasteiger partial charge on any atom is 0.323 e. The van der Waals surface area contributed by atoms with E-state index in [9.17, 15) is 14.4 Å². The Morgan fingerprint density at radius 1 is 0.706 bits per heavy atom. The predicted molar refractivity (Wildman–Crippen MR) is 134 cm³/mol. The normalized spacial score (nSPS) is 13.7. The van der Waals surface area contributed by atoms with E-state index in [0.717, 1.165) is 0 Å². The summed E-state index contributed by atoms with van der Waals surface area (Å²) in [6.07, 6.45) is 1.20. The number of nitrogens with zero attached hydrogens (tertiary/aromatic N) is 1. The Balaban J connectivity index is 1.24. The van der Waals surface area contributed by atoms with E-state index >= 15 is 0 Å². The van der Waals surface area contributed by atoms with E-state index in [2.05, 4.69) is 16.0 Å². The third-order valence-corrected chi connectivity index (χ3v) is 5.94. The smallest absolute Gasteiger partial charge is 0.323 e. The number of likely N-dealkylation sites (tertiary alicyclic amines) is 1. The highest BCUT2D eigenvalue weighted by molar-refractivity contribution is 6.30. The van der Waals surface area contributed by atoms with Crippen molar-refractivity contribution in [2.75, 3.05) is 29.0 Å². The summed E-state index contributed by atoms with van der Waals surface area (Å²) in [6.45, 7) is 1.05. The number of carbonyl (C=O) groups excluding carboxylic acids is 3. The molecule has 3 aromatic carbocycles. The number of hydrogen-bond donors (Lipinski definition) is 3. The lowest BCUT2D eigenvalue weighted by molar-refractivity contribution is -0.121. The summed E-state index contributed by atoms with van der Waals surface area (Å²) in [7, 11) is 0. The Labute approximate surface area is 203 Å². The van der Waals surface area contributed by atoms with E-state index in [1.165, 1.54) is 0 Å². The van der Waals surface area contributed by atoms with Crippen LogP contribution in [0.15, 0.2) is 78.9 Å². The molecule has 34 heavy (non-hydrogen) atoms. The SMILES string of the molecule is O=C(Nc1ccccc1)Nc1ccc(NC(=O)C2CCN(C(=O)c3ccc(Cl)cc3)CC2)cc1. The van der Waals surface area contributed by atoms with Gasteiger partial charge in [0, 0.05) is 46.7 Å². The van der Waals surface area contributed by atoms with Gasteiger partial charge in [0.25, 0.3) is 5.91 Å². The molecule has 0 atom stereocenters. The topological polar surface area (TPSA) is 90.5 Å². The standard InChI is InChI=1S/C26H25ClN4O3/c27-20-8-6-19(7-9-20)25(33)31-16-14-18(15-17-31)24(32)28-22-10-12-23(13-11-22)30-26(34)29-21-4-2-1-3-5-21/h1-13,18H,14-17H2,(H,28,32)(H2,29,30,34). The fourth-order valence-electron chi connectivity index (χ4n) is 3.82. The highest BCUT2D eigenvalue weighted by Gasteiger charge is 2.27. The maximum atomic E-state index is 12.7. The molecule has 1 fully saturated rings. The molecule has 0 spiro atoms. The van der Waals surface area contributed by atoms with Crippen molar-refractivity contribution in [2.24, 2.45) is 5.92 Å². The quantitative estimate of drug-likeness (QED) is 0.455. The fourth-order valence-corrected chi connectivity index (χ4v) is 3.94. The predicted octanol–water partition coefficient (Wildman–Crippen LogP) is 5.47. The number of urea groups is 1. The molecule has 0 saturated carbocycles. The number of carbonyl (C=O) groups is 3. The molecule has 0 radical (unpaired) electrons. The lowest BCUT2D eigenvalue weighted by Gasteiger charge is -2.31. The van der Waals surface area contributed by atoms with E-state index in [0.29, 0.717) is 53.6 Å². The van der Waals surface area contributed by atoms with Crippen molar-refractivity contribution in [1.82, 2.24) is 4.90 Å². The van der Waals surface area contributed by atoms with Crippen LogP contribution >= 0.6 is 11.6 Å². The van der Waals surface area contributed by atoms with Gasteiger partial charge in [-0.15, -0.1) is 0 Å². The van der Waals surface area contributed by atoms with Crippen molar-refractivity contribution < 1.29 is 14.4 Å². The van der Waals surface area contributed by atoms with Crippen LogP contribution in [0.2, 0.25) is 5.02 Å². The molecule has 1 aliphatic rings. The van der Waals surface area contributed by atoms with Crippen molar-refractivity contribution in [3.63, 3.8) is 0 Å². The molecule has 3 N–H and O–H groups in total. The third kappa shape index (κ3) is 6.14. The Kier molecular flexibility index (Phi) is 7.44. The summed E-state index contributed by atoms with van der Waals surface area (Å²) in [6, 6.07) is 22.6. The number of rotatable bonds is 5. The molecule has 0 aliphatic carbocycles. The van der Waals surface area contributed by atoms with Crippen LogP contribution in [-0.2, 0) is 4.79 Å². The van der Waals surface area contributed by atoms with Crippen molar-refractivity contribution in [3.05, 3.63) is 89.4 Å². The second-order valence-corrected chi connectivity index (χ2v) is 8.52. The number of para-hydroxylation sites is 1. The minimum Gasteiger partial charge on any atom is -0.339 e. The van der Waals surface area contributed by atoms with E-state index in [4.69, 9.17) is 11.6 Å². The van der Waals surface area contributed by atoms with Gasteiger partial charge < -0.3 is 20.9 Å². The molecule has 1 heterocycles. The number of hydrogen-bond acceptors (Lipinski definition) is 3. The van der Waals surface area contributed by atoms with Crippen LogP contribution in [0.1, 0.15) is 23.2 Å². The summed E-state index contributed by atoms with van der Waals surface area (Å²) in [5.74, 6) is -0.278. The molecule has 0 bridgehead atoms. The maximum absolute atomic E-state index is 12.7. The highest BCUT2D eigenvalue weighted by atomic mass is 35.5. The zero-order valence-corrected chi connectivity index (χ0v) is 19.2. The molecule has 3 aromatic rings. The van der Waals surface area contributed by atoms with Crippen molar-refractivity contribution in [2.45, 2.75) is 12.8 Å². The number of nitrogens with one attached hydrogen (secondary N) is 3. The third-order valence-electron chi connectivity index (χ3n) is 5.69. The van der Waals surface area contributed by atoms with Gasteiger partial charge in [0.05, 0.1) is 0 Å². The second-order valence-electron chi connectivity index (χ2n) is 8.09. The zero-order chi connectivity index (χ0) is 23.9. The van der Waals surface area contributed by atoms with Crippen LogP contribution in [0.5, 0.6) is 0 Å². The van der Waals surface area contributed by atoms with Crippen LogP contribution in [0.3, 0.4) is 0 Å². The first-order valence-electron chi connectivity index (χ1n) is 11.1. The van der Waals surface area contributed by atoms with Crippen molar-refractivity contribution in [3.8, 4) is 0 Å². The largest absolute Gasteiger partial charge is 0.339 e.